The summed E-state index contributed by atoms with van der Waals surface area (Å²) in [5.41, 5.74) is -0.251. The van der Waals surface area contributed by atoms with Crippen LogP contribution in [0.3, 0.4) is 0 Å². The standard InChI is InChI=1S/C14H18F2O2/c1-10(2)4-3-7-18-9-14(17)12-8-11(15)5-6-13(12)16/h5-6,8,10H,3-4,7,9H2,1-2H3. The zero-order valence-corrected chi connectivity index (χ0v) is 10.7. The summed E-state index contributed by atoms with van der Waals surface area (Å²) in [7, 11) is 0. The second-order valence-electron chi connectivity index (χ2n) is 4.64. The van der Waals surface area contributed by atoms with Gasteiger partial charge in [-0.2, -0.15) is 0 Å². The van der Waals surface area contributed by atoms with Crippen molar-refractivity contribution in [2.75, 3.05) is 13.2 Å². The van der Waals surface area contributed by atoms with Crippen LogP contribution in [0.25, 0.3) is 0 Å². The maximum atomic E-state index is 13.3. The van der Waals surface area contributed by atoms with Crippen LogP contribution < -0.4 is 0 Å². The fourth-order valence-electron chi connectivity index (χ4n) is 1.55. The molecule has 0 aromatic heterocycles. The molecule has 0 aliphatic rings. The maximum absolute atomic E-state index is 13.3. The number of ether oxygens (including phenoxy) is 1. The predicted octanol–water partition coefficient (Wildman–Crippen LogP) is 3.60. The van der Waals surface area contributed by atoms with Crippen LogP contribution in [0.5, 0.6) is 0 Å². The third-order valence-corrected chi connectivity index (χ3v) is 2.53. The molecule has 0 aliphatic heterocycles. The average Bonchev–Trinajstić information content (AvgIpc) is 2.31. The number of Topliss-reactive ketones (excluding diaryl/α,β-unsaturated/α-hetero) is 1. The van der Waals surface area contributed by atoms with E-state index in [4.69, 9.17) is 4.74 Å². The van der Waals surface area contributed by atoms with Crippen LogP contribution in [0.4, 0.5) is 8.78 Å². The van der Waals surface area contributed by atoms with E-state index >= 15 is 0 Å². The van der Waals surface area contributed by atoms with E-state index in [1.807, 2.05) is 0 Å². The Labute approximate surface area is 106 Å². The normalized spacial score (nSPS) is 10.9. The van der Waals surface area contributed by atoms with Crippen molar-refractivity contribution < 1.29 is 18.3 Å². The Balaban J connectivity index is 2.39. The molecule has 0 spiro atoms. The number of halogens is 2. The highest BCUT2D eigenvalue weighted by molar-refractivity contribution is 5.97. The summed E-state index contributed by atoms with van der Waals surface area (Å²) in [6.07, 6.45) is 1.87. The van der Waals surface area contributed by atoms with Crippen molar-refractivity contribution in [1.82, 2.24) is 0 Å². The zero-order valence-electron chi connectivity index (χ0n) is 10.7. The number of carbonyl (C=O) groups is 1. The number of hydrogen-bond acceptors (Lipinski definition) is 2. The second kappa shape index (κ2) is 7.21. The van der Waals surface area contributed by atoms with Gasteiger partial charge in [0.2, 0.25) is 0 Å². The molecule has 0 atom stereocenters. The number of ketones is 1. The first kappa shape index (κ1) is 14.8. The van der Waals surface area contributed by atoms with Gasteiger partial charge in [0.25, 0.3) is 0 Å². The monoisotopic (exact) mass is 256 g/mol. The molecule has 0 saturated heterocycles. The molecule has 0 heterocycles. The van der Waals surface area contributed by atoms with Gasteiger partial charge in [0.15, 0.2) is 5.78 Å². The van der Waals surface area contributed by atoms with Gasteiger partial charge in [0.05, 0.1) is 5.56 Å². The number of rotatable bonds is 7. The molecule has 0 saturated carbocycles. The maximum Gasteiger partial charge on any atom is 0.191 e. The molecule has 0 amide bonds. The minimum Gasteiger partial charge on any atom is -0.373 e. The molecule has 0 aliphatic carbocycles. The van der Waals surface area contributed by atoms with Crippen molar-refractivity contribution in [2.24, 2.45) is 5.92 Å². The van der Waals surface area contributed by atoms with Crippen molar-refractivity contribution in [3.8, 4) is 0 Å². The van der Waals surface area contributed by atoms with Gasteiger partial charge in [-0.1, -0.05) is 13.8 Å². The molecule has 0 bridgehead atoms. The Morgan fingerprint density at radius 2 is 2.06 bits per heavy atom. The van der Waals surface area contributed by atoms with Crippen molar-refractivity contribution in [3.63, 3.8) is 0 Å². The van der Waals surface area contributed by atoms with E-state index in [2.05, 4.69) is 13.8 Å². The van der Waals surface area contributed by atoms with Gasteiger partial charge in [-0.3, -0.25) is 4.79 Å². The highest BCUT2D eigenvalue weighted by atomic mass is 19.1. The van der Waals surface area contributed by atoms with Crippen LogP contribution in [-0.4, -0.2) is 19.0 Å². The molecule has 18 heavy (non-hydrogen) atoms. The minimum absolute atomic E-state index is 0.210. The molecule has 100 valence electrons. The number of carbonyl (C=O) groups excluding carboxylic acids is 1. The lowest BCUT2D eigenvalue weighted by atomic mass is 10.1. The van der Waals surface area contributed by atoms with E-state index in [9.17, 15) is 13.6 Å². The molecule has 0 fully saturated rings. The summed E-state index contributed by atoms with van der Waals surface area (Å²) in [5, 5.41) is 0. The molecule has 0 radical (unpaired) electrons. The predicted molar refractivity (Wildman–Crippen MR) is 65.6 cm³/mol. The summed E-state index contributed by atoms with van der Waals surface area (Å²) in [6.45, 7) is 4.46. The SMILES string of the molecule is CC(C)CCCOCC(=O)c1cc(F)ccc1F. The number of benzene rings is 1. The molecule has 4 heteroatoms. The summed E-state index contributed by atoms with van der Waals surface area (Å²) in [4.78, 5) is 11.6. The molecule has 1 aromatic carbocycles. The Morgan fingerprint density at radius 1 is 1.33 bits per heavy atom. The number of hydrogen-bond donors (Lipinski definition) is 0. The average molecular weight is 256 g/mol. The van der Waals surface area contributed by atoms with Crippen LogP contribution in [-0.2, 0) is 4.74 Å². The molecule has 0 N–H and O–H groups in total. The third-order valence-electron chi connectivity index (χ3n) is 2.53. The third kappa shape index (κ3) is 4.92. The topological polar surface area (TPSA) is 26.3 Å². The van der Waals surface area contributed by atoms with Gasteiger partial charge in [-0.15, -0.1) is 0 Å². The molecule has 1 rings (SSSR count). The lowest BCUT2D eigenvalue weighted by Crippen LogP contribution is -2.12. The van der Waals surface area contributed by atoms with Crippen molar-refractivity contribution >= 4 is 5.78 Å². The summed E-state index contributed by atoms with van der Waals surface area (Å²) in [5.74, 6) is -1.28. The smallest absolute Gasteiger partial charge is 0.191 e. The van der Waals surface area contributed by atoms with Crippen LogP contribution in [0.2, 0.25) is 0 Å². The van der Waals surface area contributed by atoms with Gasteiger partial charge in [0, 0.05) is 6.61 Å². The second-order valence-corrected chi connectivity index (χ2v) is 4.64. The van der Waals surface area contributed by atoms with Crippen molar-refractivity contribution in [3.05, 3.63) is 35.4 Å². The van der Waals surface area contributed by atoms with Gasteiger partial charge >= 0.3 is 0 Å². The van der Waals surface area contributed by atoms with Crippen molar-refractivity contribution in [1.29, 1.82) is 0 Å². The van der Waals surface area contributed by atoms with E-state index in [-0.39, 0.29) is 12.2 Å². The zero-order chi connectivity index (χ0) is 13.5. The van der Waals surface area contributed by atoms with Crippen LogP contribution in [0.15, 0.2) is 18.2 Å². The molecular formula is C14H18F2O2. The lowest BCUT2D eigenvalue weighted by Gasteiger charge is -2.06. The Hall–Kier alpha value is -1.29. The van der Waals surface area contributed by atoms with Gasteiger partial charge in [-0.25, -0.2) is 8.78 Å². The fourth-order valence-corrected chi connectivity index (χ4v) is 1.55. The van der Waals surface area contributed by atoms with E-state index in [0.717, 1.165) is 31.0 Å². The first-order valence-electron chi connectivity index (χ1n) is 6.06. The van der Waals surface area contributed by atoms with Crippen LogP contribution >= 0.6 is 0 Å². The van der Waals surface area contributed by atoms with Gasteiger partial charge < -0.3 is 4.74 Å². The molecule has 2 nitrogen and oxygen atoms in total. The fraction of sp³-hybridized carbons (Fsp3) is 0.500. The lowest BCUT2D eigenvalue weighted by molar-refractivity contribution is 0.0744. The first-order valence-corrected chi connectivity index (χ1v) is 6.06. The summed E-state index contributed by atoms with van der Waals surface area (Å²) >= 11 is 0. The van der Waals surface area contributed by atoms with E-state index < -0.39 is 17.4 Å². The van der Waals surface area contributed by atoms with E-state index in [1.165, 1.54) is 0 Å². The minimum atomic E-state index is -0.716. The van der Waals surface area contributed by atoms with Crippen molar-refractivity contribution in [2.45, 2.75) is 26.7 Å². The van der Waals surface area contributed by atoms with E-state index in [1.54, 1.807) is 0 Å². The molecular weight excluding hydrogens is 238 g/mol. The van der Waals surface area contributed by atoms with E-state index in [0.29, 0.717) is 12.5 Å². The van der Waals surface area contributed by atoms with Crippen LogP contribution in [0, 0.1) is 17.6 Å². The quantitative estimate of drug-likeness (QED) is 0.550. The highest BCUT2D eigenvalue weighted by Gasteiger charge is 2.12. The highest BCUT2D eigenvalue weighted by Crippen LogP contribution is 2.11. The Kier molecular flexibility index (Phi) is 5.92. The molecule has 1 aromatic rings. The summed E-state index contributed by atoms with van der Waals surface area (Å²) < 4.78 is 31.3. The van der Waals surface area contributed by atoms with Gasteiger partial charge in [-0.05, 0) is 37.0 Å². The Bertz CT molecular complexity index is 403. The largest absolute Gasteiger partial charge is 0.373 e. The molecule has 0 unspecified atom stereocenters. The Morgan fingerprint density at radius 3 is 2.72 bits per heavy atom. The summed E-state index contributed by atoms with van der Waals surface area (Å²) in [6, 6.07) is 2.83. The van der Waals surface area contributed by atoms with Crippen LogP contribution in [0.1, 0.15) is 37.0 Å². The van der Waals surface area contributed by atoms with Gasteiger partial charge in [0.1, 0.15) is 18.2 Å². The first-order chi connectivity index (χ1) is 8.50.